The van der Waals surface area contributed by atoms with Crippen LogP contribution < -0.4 is 5.32 Å². The van der Waals surface area contributed by atoms with Crippen LogP contribution in [0.25, 0.3) is 0 Å². The zero-order valence-corrected chi connectivity index (χ0v) is 10.2. The van der Waals surface area contributed by atoms with E-state index in [0.29, 0.717) is 12.0 Å². The van der Waals surface area contributed by atoms with Gasteiger partial charge in [0.15, 0.2) is 0 Å². The molecule has 18 heavy (non-hydrogen) atoms. The summed E-state index contributed by atoms with van der Waals surface area (Å²) in [6, 6.07) is 7.62. The smallest absolute Gasteiger partial charge is 0.390 e. The normalized spacial score (nSPS) is 15.4. The van der Waals surface area contributed by atoms with Gasteiger partial charge in [0.1, 0.15) is 0 Å². The van der Waals surface area contributed by atoms with Crippen molar-refractivity contribution in [1.82, 2.24) is 5.32 Å². The minimum atomic E-state index is -4.22. The van der Waals surface area contributed by atoms with Gasteiger partial charge < -0.3 is 10.4 Å². The maximum atomic E-state index is 12.5. The second kappa shape index (κ2) is 6.75. The summed E-state index contributed by atoms with van der Waals surface area (Å²) < 4.78 is 37.6. The van der Waals surface area contributed by atoms with Gasteiger partial charge in [-0.2, -0.15) is 13.2 Å². The molecule has 2 atom stereocenters. The topological polar surface area (TPSA) is 32.3 Å². The highest BCUT2D eigenvalue weighted by Gasteiger charge is 2.32. The third-order valence-electron chi connectivity index (χ3n) is 2.69. The average molecular weight is 261 g/mol. The fourth-order valence-corrected chi connectivity index (χ4v) is 1.81. The van der Waals surface area contributed by atoms with Gasteiger partial charge in [-0.3, -0.25) is 0 Å². The van der Waals surface area contributed by atoms with Gasteiger partial charge in [0.05, 0.1) is 6.42 Å². The molecule has 102 valence electrons. The molecule has 0 radical (unpaired) electrons. The van der Waals surface area contributed by atoms with E-state index in [-0.39, 0.29) is 12.6 Å². The van der Waals surface area contributed by atoms with E-state index in [4.69, 9.17) is 5.11 Å². The molecule has 2 N–H and O–H groups in total. The minimum absolute atomic E-state index is 0.0400. The number of hydrogen-bond donors (Lipinski definition) is 2. The molecule has 0 spiro atoms. The Morgan fingerprint density at radius 1 is 1.22 bits per heavy atom. The molecule has 0 bridgehead atoms. The maximum Gasteiger partial charge on any atom is 0.390 e. The Labute approximate surface area is 105 Å². The van der Waals surface area contributed by atoms with Crippen molar-refractivity contribution in [2.45, 2.75) is 38.0 Å². The number of hydrogen-bond acceptors (Lipinski definition) is 2. The van der Waals surface area contributed by atoms with Crippen LogP contribution in [0.4, 0.5) is 13.2 Å². The van der Waals surface area contributed by atoms with Crippen molar-refractivity contribution in [2.24, 2.45) is 0 Å². The summed E-state index contributed by atoms with van der Waals surface area (Å²) in [5.74, 6) is 0. The van der Waals surface area contributed by atoms with Crippen LogP contribution in [0, 0.1) is 0 Å². The van der Waals surface area contributed by atoms with Gasteiger partial charge in [0.25, 0.3) is 0 Å². The van der Waals surface area contributed by atoms with Crippen molar-refractivity contribution in [3.8, 4) is 0 Å². The third kappa shape index (κ3) is 5.51. The highest BCUT2D eigenvalue weighted by Crippen LogP contribution is 2.29. The van der Waals surface area contributed by atoms with E-state index in [1.165, 1.54) is 0 Å². The SMILES string of the molecule is CC(CCO)NC(CC(F)(F)F)c1ccccc1. The van der Waals surface area contributed by atoms with Crippen molar-refractivity contribution < 1.29 is 18.3 Å². The summed E-state index contributed by atoms with van der Waals surface area (Å²) in [5.41, 5.74) is 0.611. The van der Waals surface area contributed by atoms with Crippen LogP contribution in [0.3, 0.4) is 0 Å². The minimum Gasteiger partial charge on any atom is -0.396 e. The van der Waals surface area contributed by atoms with Crippen molar-refractivity contribution >= 4 is 0 Å². The molecule has 0 amide bonds. The maximum absolute atomic E-state index is 12.5. The molecular formula is C13H18F3NO. The Kier molecular flexibility index (Phi) is 5.62. The van der Waals surface area contributed by atoms with Crippen LogP contribution in [-0.4, -0.2) is 23.9 Å². The van der Waals surface area contributed by atoms with Crippen LogP contribution in [0.15, 0.2) is 30.3 Å². The molecule has 0 aliphatic heterocycles. The van der Waals surface area contributed by atoms with E-state index in [1.807, 2.05) is 0 Å². The molecule has 0 saturated carbocycles. The van der Waals surface area contributed by atoms with Crippen molar-refractivity contribution in [3.63, 3.8) is 0 Å². The van der Waals surface area contributed by atoms with E-state index < -0.39 is 18.6 Å². The molecule has 0 aliphatic carbocycles. The lowest BCUT2D eigenvalue weighted by Crippen LogP contribution is -2.34. The van der Waals surface area contributed by atoms with Gasteiger partial charge >= 0.3 is 6.18 Å². The lowest BCUT2D eigenvalue weighted by Gasteiger charge is -2.24. The first kappa shape index (κ1) is 15.0. The van der Waals surface area contributed by atoms with E-state index in [1.54, 1.807) is 37.3 Å². The second-order valence-electron chi connectivity index (χ2n) is 4.36. The fourth-order valence-electron chi connectivity index (χ4n) is 1.81. The monoisotopic (exact) mass is 261 g/mol. The van der Waals surface area contributed by atoms with Crippen molar-refractivity contribution in [3.05, 3.63) is 35.9 Å². The molecule has 0 aromatic heterocycles. The number of halogens is 3. The third-order valence-corrected chi connectivity index (χ3v) is 2.69. The fraction of sp³-hybridized carbons (Fsp3) is 0.538. The Hall–Kier alpha value is -1.07. The summed E-state index contributed by atoms with van der Waals surface area (Å²) in [6.07, 6.45) is -4.69. The van der Waals surface area contributed by atoms with E-state index in [2.05, 4.69) is 5.32 Å². The Morgan fingerprint density at radius 2 is 1.83 bits per heavy atom. The molecule has 2 nitrogen and oxygen atoms in total. The predicted molar refractivity (Wildman–Crippen MR) is 64.2 cm³/mol. The van der Waals surface area contributed by atoms with E-state index in [9.17, 15) is 13.2 Å². The molecular weight excluding hydrogens is 243 g/mol. The number of aliphatic hydroxyl groups is 1. The zero-order chi connectivity index (χ0) is 13.6. The number of alkyl halides is 3. The van der Waals surface area contributed by atoms with Crippen LogP contribution in [0.2, 0.25) is 0 Å². The molecule has 0 saturated heterocycles. The molecule has 0 heterocycles. The molecule has 1 rings (SSSR count). The first-order chi connectivity index (χ1) is 8.42. The van der Waals surface area contributed by atoms with E-state index in [0.717, 1.165) is 0 Å². The van der Waals surface area contributed by atoms with Crippen LogP contribution in [-0.2, 0) is 0 Å². The number of rotatable bonds is 6. The predicted octanol–water partition coefficient (Wildman–Crippen LogP) is 3.04. The van der Waals surface area contributed by atoms with Crippen molar-refractivity contribution in [1.29, 1.82) is 0 Å². The lowest BCUT2D eigenvalue weighted by atomic mass is 10.0. The summed E-state index contributed by atoms with van der Waals surface area (Å²) in [5, 5.41) is 11.7. The van der Waals surface area contributed by atoms with Crippen molar-refractivity contribution in [2.75, 3.05) is 6.61 Å². The molecule has 2 unspecified atom stereocenters. The zero-order valence-electron chi connectivity index (χ0n) is 10.2. The molecule has 1 aromatic rings. The average Bonchev–Trinajstić information content (AvgIpc) is 2.28. The van der Waals surface area contributed by atoms with Gasteiger partial charge in [-0.1, -0.05) is 30.3 Å². The Balaban J connectivity index is 2.76. The van der Waals surface area contributed by atoms with Crippen LogP contribution >= 0.6 is 0 Å². The molecule has 1 aromatic carbocycles. The first-order valence-corrected chi connectivity index (χ1v) is 5.91. The standard InChI is InChI=1S/C13H18F3NO/c1-10(7-8-18)17-12(9-13(14,15)16)11-5-3-2-4-6-11/h2-6,10,12,17-18H,7-9H2,1H3. The number of nitrogens with one attached hydrogen (secondary N) is 1. The first-order valence-electron chi connectivity index (χ1n) is 5.91. The summed E-state index contributed by atoms with van der Waals surface area (Å²) in [4.78, 5) is 0. The highest BCUT2D eigenvalue weighted by molar-refractivity contribution is 5.19. The lowest BCUT2D eigenvalue weighted by molar-refractivity contribution is -0.140. The number of benzene rings is 1. The van der Waals surface area contributed by atoms with Gasteiger partial charge in [0.2, 0.25) is 0 Å². The van der Waals surface area contributed by atoms with Crippen LogP contribution in [0.1, 0.15) is 31.4 Å². The van der Waals surface area contributed by atoms with Crippen LogP contribution in [0.5, 0.6) is 0 Å². The van der Waals surface area contributed by atoms with Gasteiger partial charge in [-0.05, 0) is 18.9 Å². The Bertz CT molecular complexity index is 340. The second-order valence-corrected chi connectivity index (χ2v) is 4.36. The Morgan fingerprint density at radius 3 is 2.33 bits per heavy atom. The van der Waals surface area contributed by atoms with E-state index >= 15 is 0 Å². The largest absolute Gasteiger partial charge is 0.396 e. The van der Waals surface area contributed by atoms with Gasteiger partial charge in [-0.25, -0.2) is 0 Å². The number of aliphatic hydroxyl groups excluding tert-OH is 1. The molecule has 0 aliphatic rings. The molecule has 5 heteroatoms. The summed E-state index contributed by atoms with van der Waals surface area (Å²) in [7, 11) is 0. The quantitative estimate of drug-likeness (QED) is 0.825. The van der Waals surface area contributed by atoms with Gasteiger partial charge in [0, 0.05) is 18.7 Å². The van der Waals surface area contributed by atoms with Gasteiger partial charge in [-0.15, -0.1) is 0 Å². The highest BCUT2D eigenvalue weighted by atomic mass is 19.4. The molecule has 0 fully saturated rings. The summed E-state index contributed by atoms with van der Waals surface area (Å²) in [6.45, 7) is 1.73. The summed E-state index contributed by atoms with van der Waals surface area (Å²) >= 11 is 0.